The Balaban J connectivity index is 2.43. The summed E-state index contributed by atoms with van der Waals surface area (Å²) in [5, 5.41) is 3.43. The lowest BCUT2D eigenvalue weighted by molar-refractivity contribution is 0.681. The molecule has 1 heterocycles. The van der Waals surface area contributed by atoms with E-state index in [1.165, 1.54) is 22.3 Å². The van der Waals surface area contributed by atoms with Crippen molar-refractivity contribution in [1.82, 2.24) is 10.3 Å². The van der Waals surface area contributed by atoms with E-state index in [2.05, 4.69) is 54.5 Å². The van der Waals surface area contributed by atoms with E-state index in [1.807, 2.05) is 19.4 Å². The molecule has 0 amide bonds. The fourth-order valence-corrected chi connectivity index (χ4v) is 2.51. The molecule has 0 spiro atoms. The Morgan fingerprint density at radius 2 is 2.00 bits per heavy atom. The highest BCUT2D eigenvalue weighted by molar-refractivity contribution is 5.37. The van der Waals surface area contributed by atoms with Gasteiger partial charge in [0.15, 0.2) is 0 Å². The summed E-state index contributed by atoms with van der Waals surface area (Å²) in [4.78, 5) is 4.23. The van der Waals surface area contributed by atoms with E-state index in [1.54, 1.807) is 0 Å². The monoisotopic (exact) mass is 254 g/mol. The summed E-state index contributed by atoms with van der Waals surface area (Å²) in [5.41, 5.74) is 5.34. The molecule has 0 bridgehead atoms. The van der Waals surface area contributed by atoms with Crippen molar-refractivity contribution in [2.75, 3.05) is 7.05 Å². The molecule has 2 rings (SSSR count). The highest BCUT2D eigenvalue weighted by Crippen LogP contribution is 2.25. The molecule has 19 heavy (non-hydrogen) atoms. The van der Waals surface area contributed by atoms with Crippen LogP contribution in [0, 0.1) is 0 Å². The van der Waals surface area contributed by atoms with Gasteiger partial charge in [0, 0.05) is 12.4 Å². The molecule has 2 nitrogen and oxygen atoms in total. The van der Waals surface area contributed by atoms with Crippen LogP contribution >= 0.6 is 0 Å². The van der Waals surface area contributed by atoms with Crippen LogP contribution in [0.15, 0.2) is 42.7 Å². The fourth-order valence-electron chi connectivity index (χ4n) is 2.51. The lowest BCUT2D eigenvalue weighted by atomic mass is 9.93. The molecule has 1 N–H and O–H groups in total. The molecule has 1 atom stereocenters. The molecular formula is C17H22N2. The molecule has 1 aromatic heterocycles. The Bertz CT molecular complexity index is 534. The lowest BCUT2D eigenvalue weighted by Crippen LogP contribution is -2.19. The fraction of sp³-hybridized carbons (Fsp3) is 0.353. The molecule has 1 aromatic carbocycles. The van der Waals surface area contributed by atoms with Crippen LogP contribution in [-0.2, 0) is 12.8 Å². The van der Waals surface area contributed by atoms with Gasteiger partial charge in [-0.2, -0.15) is 0 Å². The van der Waals surface area contributed by atoms with Gasteiger partial charge in [-0.1, -0.05) is 38.1 Å². The van der Waals surface area contributed by atoms with Crippen LogP contribution in [0.25, 0.3) is 0 Å². The summed E-state index contributed by atoms with van der Waals surface area (Å²) in [6.07, 6.45) is 5.93. The van der Waals surface area contributed by atoms with Crippen LogP contribution in [0.4, 0.5) is 0 Å². The Labute approximate surface area is 115 Å². The largest absolute Gasteiger partial charge is 0.309 e. The number of pyridine rings is 1. The topological polar surface area (TPSA) is 24.9 Å². The first kappa shape index (κ1) is 13.8. The third-order valence-corrected chi connectivity index (χ3v) is 3.61. The zero-order chi connectivity index (χ0) is 13.7. The Morgan fingerprint density at radius 3 is 2.68 bits per heavy atom. The minimum atomic E-state index is 0.240. The zero-order valence-electron chi connectivity index (χ0n) is 12.0. The molecule has 0 saturated carbocycles. The van der Waals surface area contributed by atoms with Crippen LogP contribution in [-0.4, -0.2) is 12.0 Å². The minimum absolute atomic E-state index is 0.240. The summed E-state index contributed by atoms with van der Waals surface area (Å²) in [5.74, 6) is 0. The summed E-state index contributed by atoms with van der Waals surface area (Å²) < 4.78 is 0. The van der Waals surface area contributed by atoms with E-state index < -0.39 is 0 Å². The predicted molar refractivity (Wildman–Crippen MR) is 80.3 cm³/mol. The van der Waals surface area contributed by atoms with Gasteiger partial charge in [0.2, 0.25) is 0 Å². The second-order valence-electron chi connectivity index (χ2n) is 4.75. The number of hydrogen-bond acceptors (Lipinski definition) is 2. The quantitative estimate of drug-likeness (QED) is 0.883. The summed E-state index contributed by atoms with van der Waals surface area (Å²) in [7, 11) is 2.02. The lowest BCUT2D eigenvalue weighted by Gasteiger charge is -2.20. The number of nitrogens with zero attached hydrogens (tertiary/aromatic N) is 1. The Kier molecular flexibility index (Phi) is 4.69. The maximum atomic E-state index is 4.23. The maximum Gasteiger partial charge on any atom is 0.0578 e. The summed E-state index contributed by atoms with van der Waals surface area (Å²) >= 11 is 0. The van der Waals surface area contributed by atoms with E-state index in [4.69, 9.17) is 0 Å². The van der Waals surface area contributed by atoms with Crippen molar-refractivity contribution in [1.29, 1.82) is 0 Å². The standard InChI is InChI=1S/C17H22N2/c1-4-13-7-6-8-15(11-13)17(18-3)16-9-10-19-12-14(16)5-2/h6-12,17-18H,4-5H2,1-3H3. The van der Waals surface area contributed by atoms with Gasteiger partial charge in [-0.15, -0.1) is 0 Å². The first-order valence-electron chi connectivity index (χ1n) is 6.99. The van der Waals surface area contributed by atoms with E-state index in [9.17, 15) is 0 Å². The van der Waals surface area contributed by atoms with E-state index in [-0.39, 0.29) is 6.04 Å². The van der Waals surface area contributed by atoms with Gasteiger partial charge in [0.05, 0.1) is 6.04 Å². The highest BCUT2D eigenvalue weighted by atomic mass is 14.9. The van der Waals surface area contributed by atoms with Gasteiger partial charge in [-0.25, -0.2) is 0 Å². The first-order valence-corrected chi connectivity index (χ1v) is 6.99. The minimum Gasteiger partial charge on any atom is -0.309 e. The number of benzene rings is 1. The molecular weight excluding hydrogens is 232 g/mol. The van der Waals surface area contributed by atoms with Crippen LogP contribution < -0.4 is 5.32 Å². The van der Waals surface area contributed by atoms with Crippen molar-refractivity contribution in [3.63, 3.8) is 0 Å². The molecule has 0 saturated heterocycles. The third-order valence-electron chi connectivity index (χ3n) is 3.61. The number of aryl methyl sites for hydroxylation is 2. The number of hydrogen-bond donors (Lipinski definition) is 1. The van der Waals surface area contributed by atoms with Crippen LogP contribution in [0.3, 0.4) is 0 Å². The third kappa shape index (κ3) is 3.02. The SMILES string of the molecule is CCc1cccc(C(NC)c2ccncc2CC)c1. The number of nitrogens with one attached hydrogen (secondary N) is 1. The van der Waals surface area contributed by atoms with Gasteiger partial charge in [-0.05, 0) is 48.2 Å². The van der Waals surface area contributed by atoms with Gasteiger partial charge in [0.25, 0.3) is 0 Å². The van der Waals surface area contributed by atoms with Crippen molar-refractivity contribution in [2.24, 2.45) is 0 Å². The Hall–Kier alpha value is -1.67. The zero-order valence-corrected chi connectivity index (χ0v) is 12.0. The molecule has 0 fully saturated rings. The molecule has 0 aliphatic heterocycles. The van der Waals surface area contributed by atoms with Gasteiger partial charge >= 0.3 is 0 Å². The van der Waals surface area contributed by atoms with Crippen molar-refractivity contribution in [3.05, 3.63) is 65.0 Å². The maximum absolute atomic E-state index is 4.23. The summed E-state index contributed by atoms with van der Waals surface area (Å²) in [6, 6.07) is 11.2. The molecule has 0 aliphatic carbocycles. The molecule has 2 heteroatoms. The van der Waals surface area contributed by atoms with E-state index in [0.717, 1.165) is 12.8 Å². The van der Waals surface area contributed by atoms with Crippen molar-refractivity contribution in [3.8, 4) is 0 Å². The van der Waals surface area contributed by atoms with Crippen molar-refractivity contribution >= 4 is 0 Å². The molecule has 0 aliphatic rings. The summed E-state index contributed by atoms with van der Waals surface area (Å²) in [6.45, 7) is 4.37. The Morgan fingerprint density at radius 1 is 1.16 bits per heavy atom. The van der Waals surface area contributed by atoms with E-state index in [0.29, 0.717) is 0 Å². The molecule has 100 valence electrons. The van der Waals surface area contributed by atoms with Gasteiger partial charge < -0.3 is 5.32 Å². The van der Waals surface area contributed by atoms with Crippen LogP contribution in [0.5, 0.6) is 0 Å². The second kappa shape index (κ2) is 6.48. The normalized spacial score (nSPS) is 12.4. The van der Waals surface area contributed by atoms with Gasteiger partial charge in [0.1, 0.15) is 0 Å². The van der Waals surface area contributed by atoms with E-state index >= 15 is 0 Å². The van der Waals surface area contributed by atoms with Crippen LogP contribution in [0.2, 0.25) is 0 Å². The molecule has 0 radical (unpaired) electrons. The van der Waals surface area contributed by atoms with Gasteiger partial charge in [-0.3, -0.25) is 4.98 Å². The van der Waals surface area contributed by atoms with Crippen molar-refractivity contribution < 1.29 is 0 Å². The first-order chi connectivity index (χ1) is 9.30. The highest BCUT2D eigenvalue weighted by Gasteiger charge is 2.15. The van der Waals surface area contributed by atoms with Crippen molar-refractivity contribution in [2.45, 2.75) is 32.7 Å². The second-order valence-corrected chi connectivity index (χ2v) is 4.75. The average molecular weight is 254 g/mol. The molecule has 2 aromatic rings. The number of rotatable bonds is 5. The average Bonchev–Trinajstić information content (AvgIpc) is 2.49. The smallest absolute Gasteiger partial charge is 0.0578 e. The predicted octanol–water partition coefficient (Wildman–Crippen LogP) is 3.52. The van der Waals surface area contributed by atoms with Crippen LogP contribution in [0.1, 0.15) is 42.1 Å². The number of aromatic nitrogens is 1. The molecule has 1 unspecified atom stereocenters.